The van der Waals surface area contributed by atoms with Gasteiger partial charge in [-0.3, -0.25) is 4.90 Å². The molecule has 0 aromatic carbocycles. The predicted octanol–water partition coefficient (Wildman–Crippen LogP) is 3.44. The smallest absolute Gasteiger partial charge is 0.0101 e. The first-order chi connectivity index (χ1) is 6.77. The molecular weight excluding hydrogens is 170 g/mol. The van der Waals surface area contributed by atoms with Gasteiger partial charge in [-0.1, -0.05) is 26.2 Å². The van der Waals surface area contributed by atoms with Crippen LogP contribution in [0.2, 0.25) is 0 Å². The predicted molar refractivity (Wildman–Crippen MR) is 61.4 cm³/mol. The van der Waals surface area contributed by atoms with Gasteiger partial charge in [-0.05, 0) is 45.1 Å². The summed E-state index contributed by atoms with van der Waals surface area (Å²) in [5.41, 5.74) is 0. The molecule has 2 rings (SSSR count). The van der Waals surface area contributed by atoms with Crippen molar-refractivity contribution in [3.05, 3.63) is 0 Å². The highest BCUT2D eigenvalue weighted by atomic mass is 15.2. The van der Waals surface area contributed by atoms with Gasteiger partial charge in [0.15, 0.2) is 0 Å². The third kappa shape index (κ3) is 2.31. The first kappa shape index (κ1) is 10.5. The SMILES string of the molecule is CC1CCCC(N2CCCCC2C)C1. The molecule has 0 aromatic heterocycles. The molecule has 1 aliphatic carbocycles. The number of hydrogen-bond acceptors (Lipinski definition) is 1. The van der Waals surface area contributed by atoms with Gasteiger partial charge in [-0.2, -0.15) is 0 Å². The lowest BCUT2D eigenvalue weighted by atomic mass is 9.84. The quantitative estimate of drug-likeness (QED) is 0.619. The zero-order valence-electron chi connectivity index (χ0n) is 9.84. The van der Waals surface area contributed by atoms with E-state index in [2.05, 4.69) is 18.7 Å². The normalized spacial score (nSPS) is 41.1. The van der Waals surface area contributed by atoms with Crippen LogP contribution >= 0.6 is 0 Å². The monoisotopic (exact) mass is 195 g/mol. The van der Waals surface area contributed by atoms with Crippen molar-refractivity contribution < 1.29 is 0 Å². The number of rotatable bonds is 1. The minimum Gasteiger partial charge on any atom is -0.298 e. The van der Waals surface area contributed by atoms with Crippen molar-refractivity contribution in [1.29, 1.82) is 0 Å². The maximum Gasteiger partial charge on any atom is 0.0101 e. The van der Waals surface area contributed by atoms with Crippen LogP contribution in [0.4, 0.5) is 0 Å². The Morgan fingerprint density at radius 3 is 2.50 bits per heavy atom. The van der Waals surface area contributed by atoms with E-state index in [0.29, 0.717) is 0 Å². The van der Waals surface area contributed by atoms with E-state index in [4.69, 9.17) is 0 Å². The third-order valence-corrected chi connectivity index (χ3v) is 4.23. The molecule has 0 amide bonds. The summed E-state index contributed by atoms with van der Waals surface area (Å²) in [7, 11) is 0. The molecule has 1 nitrogen and oxygen atoms in total. The number of piperidine rings is 1. The molecule has 3 unspecified atom stereocenters. The fourth-order valence-corrected chi connectivity index (χ4v) is 3.37. The molecule has 1 aliphatic heterocycles. The van der Waals surface area contributed by atoms with Crippen molar-refractivity contribution in [3.8, 4) is 0 Å². The molecule has 3 atom stereocenters. The number of nitrogens with zero attached hydrogens (tertiary/aromatic N) is 1. The Morgan fingerprint density at radius 2 is 1.79 bits per heavy atom. The highest BCUT2D eigenvalue weighted by Gasteiger charge is 2.28. The molecular formula is C13H25N. The maximum atomic E-state index is 2.80. The van der Waals surface area contributed by atoms with Gasteiger partial charge in [0.2, 0.25) is 0 Å². The first-order valence-corrected chi connectivity index (χ1v) is 6.53. The Morgan fingerprint density at radius 1 is 0.929 bits per heavy atom. The van der Waals surface area contributed by atoms with E-state index < -0.39 is 0 Å². The van der Waals surface area contributed by atoms with Gasteiger partial charge in [0.1, 0.15) is 0 Å². The standard InChI is InChI=1S/C13H25N/c1-11-6-5-8-13(10-11)14-9-4-3-7-12(14)2/h11-13H,3-10H2,1-2H3. The van der Waals surface area contributed by atoms with Gasteiger partial charge in [0.25, 0.3) is 0 Å². The summed E-state index contributed by atoms with van der Waals surface area (Å²) in [4.78, 5) is 2.80. The lowest BCUT2D eigenvalue weighted by Gasteiger charge is -2.42. The van der Waals surface area contributed by atoms with Gasteiger partial charge < -0.3 is 0 Å². The Kier molecular flexibility index (Phi) is 3.48. The summed E-state index contributed by atoms with van der Waals surface area (Å²) in [5.74, 6) is 0.975. The zero-order chi connectivity index (χ0) is 9.97. The third-order valence-electron chi connectivity index (χ3n) is 4.23. The van der Waals surface area contributed by atoms with Gasteiger partial charge in [0.05, 0.1) is 0 Å². The van der Waals surface area contributed by atoms with Crippen LogP contribution < -0.4 is 0 Å². The molecule has 1 saturated heterocycles. The first-order valence-electron chi connectivity index (χ1n) is 6.53. The molecule has 1 heteroatoms. The molecule has 0 spiro atoms. The fraction of sp³-hybridized carbons (Fsp3) is 1.00. The second kappa shape index (κ2) is 4.65. The average Bonchev–Trinajstić information content (AvgIpc) is 2.18. The van der Waals surface area contributed by atoms with Crippen LogP contribution in [-0.2, 0) is 0 Å². The number of hydrogen-bond donors (Lipinski definition) is 0. The van der Waals surface area contributed by atoms with Crippen LogP contribution in [0.1, 0.15) is 58.8 Å². The lowest BCUT2D eigenvalue weighted by molar-refractivity contribution is 0.0693. The van der Waals surface area contributed by atoms with Crippen molar-refractivity contribution >= 4 is 0 Å². The van der Waals surface area contributed by atoms with Crippen molar-refractivity contribution in [1.82, 2.24) is 4.90 Å². The highest BCUT2D eigenvalue weighted by Crippen LogP contribution is 2.31. The molecule has 14 heavy (non-hydrogen) atoms. The van der Waals surface area contributed by atoms with Crippen molar-refractivity contribution in [2.45, 2.75) is 70.9 Å². The van der Waals surface area contributed by atoms with Crippen molar-refractivity contribution in [2.75, 3.05) is 6.54 Å². The van der Waals surface area contributed by atoms with Crippen molar-refractivity contribution in [2.24, 2.45) is 5.92 Å². The van der Waals surface area contributed by atoms with Crippen LogP contribution in [0.3, 0.4) is 0 Å². The molecule has 2 aliphatic rings. The van der Waals surface area contributed by atoms with Crippen molar-refractivity contribution in [3.63, 3.8) is 0 Å². The second-order valence-electron chi connectivity index (χ2n) is 5.51. The Labute approximate surface area is 88.9 Å². The van der Waals surface area contributed by atoms with Crippen LogP contribution in [0.15, 0.2) is 0 Å². The van der Waals surface area contributed by atoms with Crippen LogP contribution in [-0.4, -0.2) is 23.5 Å². The Hall–Kier alpha value is -0.0400. The van der Waals surface area contributed by atoms with Crippen LogP contribution in [0.25, 0.3) is 0 Å². The molecule has 0 bridgehead atoms. The zero-order valence-corrected chi connectivity index (χ0v) is 9.84. The summed E-state index contributed by atoms with van der Waals surface area (Å²) >= 11 is 0. The fourth-order valence-electron chi connectivity index (χ4n) is 3.37. The summed E-state index contributed by atoms with van der Waals surface area (Å²) in [6.45, 7) is 6.23. The van der Waals surface area contributed by atoms with Gasteiger partial charge >= 0.3 is 0 Å². The molecule has 0 aromatic rings. The minimum absolute atomic E-state index is 0.860. The molecule has 1 saturated carbocycles. The van der Waals surface area contributed by atoms with E-state index in [9.17, 15) is 0 Å². The molecule has 82 valence electrons. The topological polar surface area (TPSA) is 3.24 Å². The molecule has 0 N–H and O–H groups in total. The van der Waals surface area contributed by atoms with Gasteiger partial charge in [-0.15, -0.1) is 0 Å². The summed E-state index contributed by atoms with van der Waals surface area (Å²) in [6, 6.07) is 1.79. The Bertz CT molecular complexity index is 178. The summed E-state index contributed by atoms with van der Waals surface area (Å²) in [5, 5.41) is 0. The molecule has 2 fully saturated rings. The summed E-state index contributed by atoms with van der Waals surface area (Å²) in [6.07, 6.45) is 10.2. The average molecular weight is 195 g/mol. The largest absolute Gasteiger partial charge is 0.298 e. The van der Waals surface area contributed by atoms with Gasteiger partial charge in [0, 0.05) is 12.1 Å². The van der Waals surface area contributed by atoms with Gasteiger partial charge in [-0.25, -0.2) is 0 Å². The summed E-state index contributed by atoms with van der Waals surface area (Å²) < 4.78 is 0. The molecule has 0 radical (unpaired) electrons. The lowest BCUT2D eigenvalue weighted by Crippen LogP contribution is -2.46. The van der Waals surface area contributed by atoms with E-state index in [1.807, 2.05) is 0 Å². The Balaban J connectivity index is 1.91. The van der Waals surface area contributed by atoms with E-state index in [-0.39, 0.29) is 0 Å². The number of likely N-dealkylation sites (tertiary alicyclic amines) is 1. The van der Waals surface area contributed by atoms with Crippen LogP contribution in [0.5, 0.6) is 0 Å². The minimum atomic E-state index is 0.860. The second-order valence-corrected chi connectivity index (χ2v) is 5.51. The van der Waals surface area contributed by atoms with E-state index >= 15 is 0 Å². The maximum absolute atomic E-state index is 2.80. The highest BCUT2D eigenvalue weighted by molar-refractivity contribution is 4.84. The van der Waals surface area contributed by atoms with E-state index in [0.717, 1.165) is 18.0 Å². The van der Waals surface area contributed by atoms with Crippen LogP contribution in [0, 0.1) is 5.92 Å². The van der Waals surface area contributed by atoms with E-state index in [1.165, 1.54) is 51.5 Å². The molecule has 1 heterocycles. The van der Waals surface area contributed by atoms with E-state index in [1.54, 1.807) is 0 Å².